The van der Waals surface area contributed by atoms with E-state index in [0.29, 0.717) is 0 Å². The molecule has 0 N–H and O–H groups in total. The van der Waals surface area contributed by atoms with Crippen LogP contribution >= 0.6 is 0 Å². The minimum atomic E-state index is 0.746. The highest BCUT2D eigenvalue weighted by atomic mass is 15.3. The molecule has 1 fully saturated rings. The molecule has 1 aliphatic rings. The predicted molar refractivity (Wildman–Crippen MR) is 53.4 cm³/mol. The Labute approximate surface area is 76.5 Å². The van der Waals surface area contributed by atoms with Gasteiger partial charge >= 0.3 is 0 Å². The van der Waals surface area contributed by atoms with Crippen LogP contribution in [0.2, 0.25) is 0 Å². The summed E-state index contributed by atoms with van der Waals surface area (Å²) in [6.07, 6.45) is 2.68. The fourth-order valence-electron chi connectivity index (χ4n) is 1.71. The first kappa shape index (κ1) is 10.0. The monoisotopic (exact) mass is 170 g/mol. The zero-order chi connectivity index (χ0) is 8.97. The van der Waals surface area contributed by atoms with Gasteiger partial charge in [0.05, 0.1) is 0 Å². The lowest BCUT2D eigenvalue weighted by Gasteiger charge is -2.37. The van der Waals surface area contributed by atoms with E-state index in [1.807, 2.05) is 0 Å². The third-order valence-corrected chi connectivity index (χ3v) is 2.87. The molecule has 12 heavy (non-hydrogen) atoms. The Morgan fingerprint density at radius 3 is 2.67 bits per heavy atom. The molecule has 0 amide bonds. The standard InChI is InChI=1S/C10H22N2/c1-4-5-6-12-8-7-11(3)10(2)9-12/h10H,4-9H2,1-3H3. The van der Waals surface area contributed by atoms with Gasteiger partial charge in [-0.1, -0.05) is 13.3 Å². The highest BCUT2D eigenvalue weighted by Crippen LogP contribution is 2.07. The molecule has 0 spiro atoms. The summed E-state index contributed by atoms with van der Waals surface area (Å²) in [5, 5.41) is 0. The third kappa shape index (κ3) is 2.76. The highest BCUT2D eigenvalue weighted by Gasteiger charge is 2.19. The number of nitrogens with zero attached hydrogens (tertiary/aromatic N) is 2. The SMILES string of the molecule is CCCCN1CCN(C)C(C)C1. The van der Waals surface area contributed by atoms with Crippen molar-refractivity contribution in [2.24, 2.45) is 0 Å². The maximum absolute atomic E-state index is 2.59. The molecule has 0 bridgehead atoms. The molecule has 0 aromatic heterocycles. The van der Waals surface area contributed by atoms with Gasteiger partial charge in [0, 0.05) is 25.7 Å². The molecule has 1 unspecified atom stereocenters. The fraction of sp³-hybridized carbons (Fsp3) is 1.00. The van der Waals surface area contributed by atoms with Crippen molar-refractivity contribution in [3.8, 4) is 0 Å². The molecule has 0 aromatic carbocycles. The summed E-state index contributed by atoms with van der Waals surface area (Å²) in [5.74, 6) is 0. The molecule has 0 saturated carbocycles. The molecular weight excluding hydrogens is 148 g/mol. The minimum Gasteiger partial charge on any atom is -0.301 e. The molecule has 2 nitrogen and oxygen atoms in total. The average Bonchev–Trinajstić information content (AvgIpc) is 2.07. The molecule has 1 rings (SSSR count). The lowest BCUT2D eigenvalue weighted by atomic mass is 10.2. The number of likely N-dealkylation sites (N-methyl/N-ethyl adjacent to an activating group) is 1. The molecule has 0 aromatic rings. The van der Waals surface area contributed by atoms with Crippen LogP contribution in [0.15, 0.2) is 0 Å². The zero-order valence-corrected chi connectivity index (χ0v) is 8.71. The van der Waals surface area contributed by atoms with Crippen molar-refractivity contribution in [1.82, 2.24) is 9.80 Å². The molecule has 1 aliphatic heterocycles. The van der Waals surface area contributed by atoms with E-state index >= 15 is 0 Å². The molecule has 0 radical (unpaired) electrons. The van der Waals surface area contributed by atoms with E-state index in [-0.39, 0.29) is 0 Å². The van der Waals surface area contributed by atoms with Gasteiger partial charge in [-0.3, -0.25) is 0 Å². The van der Waals surface area contributed by atoms with Gasteiger partial charge in [0.15, 0.2) is 0 Å². The smallest absolute Gasteiger partial charge is 0.0192 e. The van der Waals surface area contributed by atoms with Crippen LogP contribution in [0.1, 0.15) is 26.7 Å². The quantitative estimate of drug-likeness (QED) is 0.632. The van der Waals surface area contributed by atoms with Crippen molar-refractivity contribution in [2.75, 3.05) is 33.2 Å². The van der Waals surface area contributed by atoms with E-state index in [4.69, 9.17) is 0 Å². The first-order valence-electron chi connectivity index (χ1n) is 5.16. The van der Waals surface area contributed by atoms with E-state index < -0.39 is 0 Å². The maximum Gasteiger partial charge on any atom is 0.0192 e. The van der Waals surface area contributed by atoms with Gasteiger partial charge in [0.2, 0.25) is 0 Å². The van der Waals surface area contributed by atoms with E-state index in [0.717, 1.165) is 6.04 Å². The Kier molecular flexibility index (Phi) is 4.02. The van der Waals surface area contributed by atoms with Crippen LogP contribution in [-0.4, -0.2) is 49.1 Å². The third-order valence-electron chi connectivity index (χ3n) is 2.87. The molecule has 1 saturated heterocycles. The first-order chi connectivity index (χ1) is 5.74. The van der Waals surface area contributed by atoms with Crippen LogP contribution in [0.3, 0.4) is 0 Å². The lowest BCUT2D eigenvalue weighted by Crippen LogP contribution is -2.50. The van der Waals surface area contributed by atoms with Crippen LogP contribution in [-0.2, 0) is 0 Å². The Bertz CT molecular complexity index is 123. The van der Waals surface area contributed by atoms with Crippen LogP contribution < -0.4 is 0 Å². The van der Waals surface area contributed by atoms with Gasteiger partial charge < -0.3 is 9.80 Å². The second-order valence-corrected chi connectivity index (χ2v) is 3.98. The molecule has 1 heterocycles. The number of rotatable bonds is 3. The summed E-state index contributed by atoms with van der Waals surface area (Å²) < 4.78 is 0. The predicted octanol–water partition coefficient (Wildman–Crippen LogP) is 1.42. The molecule has 0 aliphatic carbocycles. The number of hydrogen-bond acceptors (Lipinski definition) is 2. The largest absolute Gasteiger partial charge is 0.301 e. The summed E-state index contributed by atoms with van der Waals surface area (Å²) in [6.45, 7) is 9.65. The molecule has 1 atom stereocenters. The second-order valence-electron chi connectivity index (χ2n) is 3.98. The van der Waals surface area contributed by atoms with Gasteiger partial charge in [-0.15, -0.1) is 0 Å². The second kappa shape index (κ2) is 4.83. The van der Waals surface area contributed by atoms with Crippen LogP contribution in [0.5, 0.6) is 0 Å². The molecule has 72 valence electrons. The summed E-state index contributed by atoms with van der Waals surface area (Å²) in [7, 11) is 2.22. The highest BCUT2D eigenvalue weighted by molar-refractivity contribution is 4.76. The number of piperazine rings is 1. The summed E-state index contributed by atoms with van der Waals surface area (Å²) >= 11 is 0. The van der Waals surface area contributed by atoms with E-state index in [2.05, 4.69) is 30.7 Å². The first-order valence-corrected chi connectivity index (χ1v) is 5.16. The zero-order valence-electron chi connectivity index (χ0n) is 8.71. The normalized spacial score (nSPS) is 27.8. The number of hydrogen-bond donors (Lipinski definition) is 0. The van der Waals surface area contributed by atoms with Crippen molar-refractivity contribution >= 4 is 0 Å². The van der Waals surface area contributed by atoms with Crippen molar-refractivity contribution in [3.05, 3.63) is 0 Å². The van der Waals surface area contributed by atoms with Crippen molar-refractivity contribution in [2.45, 2.75) is 32.7 Å². The van der Waals surface area contributed by atoms with Gasteiger partial charge in [0.1, 0.15) is 0 Å². The van der Waals surface area contributed by atoms with Crippen LogP contribution in [0.4, 0.5) is 0 Å². The Hall–Kier alpha value is -0.0800. The van der Waals surface area contributed by atoms with Crippen molar-refractivity contribution in [1.29, 1.82) is 0 Å². The summed E-state index contributed by atoms with van der Waals surface area (Å²) in [5.41, 5.74) is 0. The lowest BCUT2D eigenvalue weighted by molar-refractivity contribution is 0.104. The minimum absolute atomic E-state index is 0.746. The number of unbranched alkanes of at least 4 members (excludes halogenated alkanes) is 1. The Morgan fingerprint density at radius 1 is 1.33 bits per heavy atom. The average molecular weight is 170 g/mol. The van der Waals surface area contributed by atoms with Gasteiger partial charge in [0.25, 0.3) is 0 Å². The van der Waals surface area contributed by atoms with E-state index in [1.54, 1.807) is 0 Å². The summed E-state index contributed by atoms with van der Waals surface area (Å²) in [6, 6.07) is 0.746. The van der Waals surface area contributed by atoms with Crippen molar-refractivity contribution in [3.63, 3.8) is 0 Å². The van der Waals surface area contributed by atoms with E-state index in [9.17, 15) is 0 Å². The fourth-order valence-corrected chi connectivity index (χ4v) is 1.71. The van der Waals surface area contributed by atoms with E-state index in [1.165, 1.54) is 39.0 Å². The van der Waals surface area contributed by atoms with Gasteiger partial charge in [-0.2, -0.15) is 0 Å². The topological polar surface area (TPSA) is 6.48 Å². The van der Waals surface area contributed by atoms with Crippen LogP contribution in [0, 0.1) is 0 Å². The Balaban J connectivity index is 2.21. The molecular formula is C10H22N2. The maximum atomic E-state index is 2.59. The Morgan fingerprint density at radius 2 is 2.08 bits per heavy atom. The summed E-state index contributed by atoms with van der Waals surface area (Å²) in [4.78, 5) is 5.04. The van der Waals surface area contributed by atoms with Crippen LogP contribution in [0.25, 0.3) is 0 Å². The van der Waals surface area contributed by atoms with Gasteiger partial charge in [-0.05, 0) is 26.9 Å². The van der Waals surface area contributed by atoms with Crippen molar-refractivity contribution < 1.29 is 0 Å². The van der Waals surface area contributed by atoms with Gasteiger partial charge in [-0.25, -0.2) is 0 Å². The molecule has 2 heteroatoms.